The lowest BCUT2D eigenvalue weighted by molar-refractivity contribution is 0.275. The van der Waals surface area contributed by atoms with Crippen molar-refractivity contribution < 1.29 is 14.4 Å². The number of hydrogen-bond donors (Lipinski definition) is 3. The minimum absolute atomic E-state index is 0.0118. The lowest BCUT2D eigenvalue weighted by atomic mass is 9.91. The Kier molecular flexibility index (Phi) is 10.1. The van der Waals surface area contributed by atoms with Crippen LogP contribution in [0.15, 0.2) is 53.3 Å². The van der Waals surface area contributed by atoms with Crippen molar-refractivity contribution in [1.29, 1.82) is 0 Å². The van der Waals surface area contributed by atoms with E-state index >= 15 is 0 Å². The molecule has 1 rings (SSSR count). The summed E-state index contributed by atoms with van der Waals surface area (Å²) in [6.45, 7) is 18.1. The predicted octanol–water partition coefficient (Wildman–Crippen LogP) is 6.37. The Bertz CT molecular complexity index is 854. The third kappa shape index (κ3) is 8.51. The highest BCUT2D eigenvalue weighted by molar-refractivity contribution is 7.59. The largest absolute Gasteiger partial charge is 0.508 e. The van der Waals surface area contributed by atoms with E-state index in [9.17, 15) is 9.67 Å². The summed E-state index contributed by atoms with van der Waals surface area (Å²) in [6.07, 6.45) is 3.45. The Labute approximate surface area is 182 Å². The monoisotopic (exact) mass is 434 g/mol. The molecule has 1 aromatic carbocycles. The molecule has 5 nitrogen and oxygen atoms in total. The number of allylic oxidation sites excluding steroid dienone is 4. The molecule has 0 spiro atoms. The van der Waals surface area contributed by atoms with E-state index in [4.69, 9.17) is 10.2 Å². The molecular formula is C24H39N2O3P. The van der Waals surface area contributed by atoms with Crippen molar-refractivity contribution in [3.63, 3.8) is 0 Å². The van der Waals surface area contributed by atoms with E-state index in [-0.39, 0.29) is 18.3 Å². The van der Waals surface area contributed by atoms with Crippen molar-refractivity contribution >= 4 is 7.44 Å². The molecule has 0 amide bonds. The predicted molar refractivity (Wildman–Crippen MR) is 128 cm³/mol. The molecule has 0 aliphatic carbocycles. The van der Waals surface area contributed by atoms with Crippen molar-refractivity contribution in [2.75, 3.05) is 6.35 Å². The number of rotatable bonds is 11. The summed E-state index contributed by atoms with van der Waals surface area (Å²) in [5, 5.41) is 13.0. The van der Waals surface area contributed by atoms with Gasteiger partial charge in [-0.2, -0.15) is 0 Å². The average Bonchev–Trinajstić information content (AvgIpc) is 2.63. The number of nitrogens with two attached hydrogens (primary N) is 1. The van der Waals surface area contributed by atoms with Gasteiger partial charge in [-0.1, -0.05) is 45.1 Å². The van der Waals surface area contributed by atoms with Crippen LogP contribution < -0.4 is 10.6 Å². The van der Waals surface area contributed by atoms with Crippen LogP contribution in [-0.4, -0.2) is 17.5 Å². The van der Waals surface area contributed by atoms with Gasteiger partial charge < -0.3 is 9.84 Å². The molecule has 1 unspecified atom stereocenters. The molecule has 168 valence electrons. The molecule has 0 saturated heterocycles. The molecule has 0 aliphatic rings. The summed E-state index contributed by atoms with van der Waals surface area (Å²) in [4.78, 5) is 0. The molecule has 0 saturated carbocycles. The fraction of sp³-hybridized carbons (Fsp3) is 0.500. The first-order valence-corrected chi connectivity index (χ1v) is 12.5. The number of benzene rings is 1. The standard InChI is InChI=1S/C24H39N2O3P/c1-9-18(6)23(14-21-10-11-24(27)22(13-21)16(2)3)19(7)12-20(8)29-15-30(25,28)26-17(4)5/h10-13,16-17,27H,8-9,14-15H2,1-7H3,(H3,25,26,28)/b19-12-,23-18-. The second-order valence-corrected chi connectivity index (χ2v) is 10.6. The van der Waals surface area contributed by atoms with E-state index in [2.05, 4.69) is 45.4 Å². The second-order valence-electron chi connectivity index (χ2n) is 8.48. The number of aromatic hydroxyl groups is 1. The van der Waals surface area contributed by atoms with Crippen LogP contribution in [0.1, 0.15) is 71.9 Å². The number of hydrogen-bond acceptors (Lipinski definition) is 3. The van der Waals surface area contributed by atoms with Gasteiger partial charge >= 0.3 is 0 Å². The van der Waals surface area contributed by atoms with Crippen molar-refractivity contribution in [1.82, 2.24) is 5.09 Å². The van der Waals surface area contributed by atoms with Gasteiger partial charge in [-0.15, -0.1) is 0 Å². The van der Waals surface area contributed by atoms with Gasteiger partial charge in [0.15, 0.2) is 6.35 Å². The maximum absolute atomic E-state index is 12.3. The van der Waals surface area contributed by atoms with Crippen LogP contribution in [0.2, 0.25) is 0 Å². The Morgan fingerprint density at radius 2 is 1.93 bits per heavy atom. The van der Waals surface area contributed by atoms with Crippen LogP contribution in [0.5, 0.6) is 5.75 Å². The average molecular weight is 435 g/mol. The third-order valence-electron chi connectivity index (χ3n) is 4.91. The first-order chi connectivity index (χ1) is 13.9. The Morgan fingerprint density at radius 1 is 1.30 bits per heavy atom. The summed E-state index contributed by atoms with van der Waals surface area (Å²) < 4.78 is 17.9. The number of nitrogens with one attached hydrogen (secondary N) is 1. The molecule has 6 heteroatoms. The molecule has 0 radical (unpaired) electrons. The SMILES string of the molecule is C=C(/C=C(C)\C(Cc1ccc(O)c(C(C)C)c1)=C(\C)CC)OCP(N)(=O)NC(C)C. The summed E-state index contributed by atoms with van der Waals surface area (Å²) in [5.74, 6) is 1.02. The molecule has 4 N–H and O–H groups in total. The van der Waals surface area contributed by atoms with Crippen LogP contribution >= 0.6 is 7.44 Å². The highest BCUT2D eigenvalue weighted by atomic mass is 31.2. The molecule has 0 fully saturated rings. The Hall–Kier alpha value is -1.81. The van der Waals surface area contributed by atoms with E-state index in [1.807, 2.05) is 32.9 Å². The Balaban J connectivity index is 3.03. The zero-order chi connectivity index (χ0) is 23.1. The van der Waals surface area contributed by atoms with Gasteiger partial charge in [0.2, 0.25) is 7.44 Å². The fourth-order valence-corrected chi connectivity index (χ4v) is 4.55. The second kappa shape index (κ2) is 11.5. The molecular weight excluding hydrogens is 395 g/mol. The topological polar surface area (TPSA) is 84.6 Å². The number of ether oxygens (including phenoxy) is 1. The van der Waals surface area contributed by atoms with E-state index < -0.39 is 7.44 Å². The van der Waals surface area contributed by atoms with Crippen LogP contribution in [0.25, 0.3) is 0 Å². The van der Waals surface area contributed by atoms with Gasteiger partial charge in [-0.3, -0.25) is 15.2 Å². The molecule has 1 atom stereocenters. The third-order valence-corrected chi connectivity index (χ3v) is 6.38. The van der Waals surface area contributed by atoms with E-state index in [1.54, 1.807) is 6.07 Å². The summed E-state index contributed by atoms with van der Waals surface area (Å²) in [5.41, 5.74) is 11.4. The molecule has 0 aliphatic heterocycles. The normalized spacial score (nSPS) is 15.2. The summed E-state index contributed by atoms with van der Waals surface area (Å²) in [6, 6.07) is 5.82. The lowest BCUT2D eigenvalue weighted by Crippen LogP contribution is -2.26. The molecule has 0 aromatic heterocycles. The molecule has 0 heterocycles. The Morgan fingerprint density at radius 3 is 2.47 bits per heavy atom. The van der Waals surface area contributed by atoms with Crippen LogP contribution in [-0.2, 0) is 15.7 Å². The molecule has 1 aromatic rings. The first kappa shape index (κ1) is 26.2. The van der Waals surface area contributed by atoms with Crippen LogP contribution in [0.3, 0.4) is 0 Å². The van der Waals surface area contributed by atoms with Crippen molar-refractivity contribution in [3.05, 3.63) is 64.5 Å². The maximum Gasteiger partial charge on any atom is 0.245 e. The van der Waals surface area contributed by atoms with Crippen molar-refractivity contribution in [3.8, 4) is 5.75 Å². The van der Waals surface area contributed by atoms with E-state index in [1.165, 1.54) is 11.1 Å². The van der Waals surface area contributed by atoms with E-state index in [0.29, 0.717) is 11.5 Å². The van der Waals surface area contributed by atoms with Gasteiger partial charge in [-0.25, -0.2) is 0 Å². The number of phenolic OH excluding ortho intramolecular Hbond substituents is 1. The maximum atomic E-state index is 12.3. The number of phenols is 1. The molecule has 30 heavy (non-hydrogen) atoms. The first-order valence-electron chi connectivity index (χ1n) is 10.5. The molecule has 0 bridgehead atoms. The zero-order valence-electron chi connectivity index (χ0n) is 19.6. The van der Waals surface area contributed by atoms with Gasteiger partial charge in [0.25, 0.3) is 0 Å². The highest BCUT2D eigenvalue weighted by Gasteiger charge is 2.18. The summed E-state index contributed by atoms with van der Waals surface area (Å²) >= 11 is 0. The van der Waals surface area contributed by atoms with Gasteiger partial charge in [0, 0.05) is 6.04 Å². The van der Waals surface area contributed by atoms with Gasteiger partial charge in [-0.05, 0) is 80.9 Å². The van der Waals surface area contributed by atoms with Crippen LogP contribution in [0, 0.1) is 0 Å². The van der Waals surface area contributed by atoms with Crippen molar-refractivity contribution in [2.24, 2.45) is 5.50 Å². The zero-order valence-corrected chi connectivity index (χ0v) is 20.5. The van der Waals surface area contributed by atoms with Gasteiger partial charge in [0.1, 0.15) is 11.5 Å². The lowest BCUT2D eigenvalue weighted by Gasteiger charge is -2.19. The van der Waals surface area contributed by atoms with Gasteiger partial charge in [0.05, 0.1) is 0 Å². The van der Waals surface area contributed by atoms with Crippen molar-refractivity contribution in [2.45, 2.75) is 73.3 Å². The highest BCUT2D eigenvalue weighted by Crippen LogP contribution is 2.33. The quantitative estimate of drug-likeness (QED) is 0.214. The minimum atomic E-state index is -3.07. The van der Waals surface area contributed by atoms with Crippen LogP contribution in [0.4, 0.5) is 0 Å². The smallest absolute Gasteiger partial charge is 0.245 e. The fourth-order valence-electron chi connectivity index (χ4n) is 3.24. The van der Waals surface area contributed by atoms with E-state index in [0.717, 1.165) is 29.5 Å². The minimum Gasteiger partial charge on any atom is -0.508 e. The summed E-state index contributed by atoms with van der Waals surface area (Å²) in [7, 11) is -3.07.